The van der Waals surface area contributed by atoms with E-state index in [1.165, 1.54) is 23.5 Å². The molecule has 1 atom stereocenters. The third kappa shape index (κ3) is 3.63. The third-order valence-electron chi connectivity index (χ3n) is 2.75. The number of aromatic nitrogens is 1. The van der Waals surface area contributed by atoms with Crippen molar-refractivity contribution < 1.29 is 13.5 Å². The molecular formula is C13H16N2O3S2. The van der Waals surface area contributed by atoms with Crippen LogP contribution in [0.15, 0.2) is 34.5 Å². The highest BCUT2D eigenvalue weighted by atomic mass is 32.2. The van der Waals surface area contributed by atoms with Crippen LogP contribution in [-0.2, 0) is 16.6 Å². The summed E-state index contributed by atoms with van der Waals surface area (Å²) in [5.41, 5.74) is 1.56. The number of aliphatic hydroxyl groups excluding tert-OH is 1. The predicted molar refractivity (Wildman–Crippen MR) is 78.0 cm³/mol. The maximum absolute atomic E-state index is 12.1. The number of hydrogen-bond donors (Lipinski definition) is 2. The van der Waals surface area contributed by atoms with Crippen LogP contribution in [-0.4, -0.2) is 18.5 Å². The lowest BCUT2D eigenvalue weighted by molar-refractivity contribution is 0.199. The van der Waals surface area contributed by atoms with E-state index >= 15 is 0 Å². The molecule has 0 radical (unpaired) electrons. The monoisotopic (exact) mass is 312 g/mol. The van der Waals surface area contributed by atoms with Gasteiger partial charge in [-0.15, -0.1) is 11.3 Å². The lowest BCUT2D eigenvalue weighted by Crippen LogP contribution is -2.23. The molecule has 20 heavy (non-hydrogen) atoms. The van der Waals surface area contributed by atoms with E-state index in [1.54, 1.807) is 19.1 Å². The van der Waals surface area contributed by atoms with Crippen molar-refractivity contribution >= 4 is 21.4 Å². The van der Waals surface area contributed by atoms with E-state index in [2.05, 4.69) is 9.71 Å². The Labute approximate surface area is 122 Å². The van der Waals surface area contributed by atoms with Gasteiger partial charge < -0.3 is 5.11 Å². The number of aryl methyl sites for hydroxylation is 1. The van der Waals surface area contributed by atoms with E-state index < -0.39 is 16.1 Å². The first-order valence-corrected chi connectivity index (χ1v) is 8.43. The topological polar surface area (TPSA) is 79.3 Å². The Kier molecular flexibility index (Phi) is 4.54. The smallest absolute Gasteiger partial charge is 0.240 e. The quantitative estimate of drug-likeness (QED) is 0.885. The van der Waals surface area contributed by atoms with Crippen LogP contribution in [0.2, 0.25) is 0 Å². The summed E-state index contributed by atoms with van der Waals surface area (Å²) >= 11 is 1.42. The van der Waals surface area contributed by atoms with Gasteiger partial charge in [0.2, 0.25) is 10.0 Å². The molecule has 1 aromatic carbocycles. The molecule has 0 aliphatic carbocycles. The predicted octanol–water partition coefficient (Wildman–Crippen LogP) is 1.98. The molecule has 0 aliphatic heterocycles. The van der Waals surface area contributed by atoms with Gasteiger partial charge in [-0.3, -0.25) is 0 Å². The van der Waals surface area contributed by atoms with Crippen molar-refractivity contribution in [1.29, 1.82) is 0 Å². The number of benzene rings is 1. The van der Waals surface area contributed by atoms with Crippen molar-refractivity contribution in [2.45, 2.75) is 31.4 Å². The summed E-state index contributed by atoms with van der Waals surface area (Å²) in [5.74, 6) is 0. The molecule has 5 nitrogen and oxygen atoms in total. The first-order valence-electron chi connectivity index (χ1n) is 6.07. The number of hydrogen-bond acceptors (Lipinski definition) is 5. The fourth-order valence-electron chi connectivity index (χ4n) is 1.65. The second-order valence-electron chi connectivity index (χ2n) is 4.45. The second kappa shape index (κ2) is 6.01. The summed E-state index contributed by atoms with van der Waals surface area (Å²) in [6.07, 6.45) is -0.613. The molecule has 2 aromatic rings. The van der Waals surface area contributed by atoms with Gasteiger partial charge in [0.15, 0.2) is 0 Å². The van der Waals surface area contributed by atoms with Gasteiger partial charge in [-0.05, 0) is 31.5 Å². The highest BCUT2D eigenvalue weighted by molar-refractivity contribution is 7.89. The number of nitrogens with zero attached hydrogens (tertiary/aromatic N) is 1. The van der Waals surface area contributed by atoms with Crippen LogP contribution in [0.25, 0.3) is 0 Å². The molecule has 7 heteroatoms. The Morgan fingerprint density at radius 2 is 2.00 bits per heavy atom. The molecule has 0 amide bonds. The Hall–Kier alpha value is -1.28. The van der Waals surface area contributed by atoms with Crippen LogP contribution >= 0.6 is 11.3 Å². The Morgan fingerprint density at radius 1 is 1.35 bits per heavy atom. The lowest BCUT2D eigenvalue weighted by atomic mass is 10.1. The molecule has 0 saturated carbocycles. The molecule has 0 aliphatic rings. The van der Waals surface area contributed by atoms with Crippen LogP contribution in [0.1, 0.15) is 29.3 Å². The average Bonchev–Trinajstić information content (AvgIpc) is 2.82. The van der Waals surface area contributed by atoms with E-state index in [0.717, 1.165) is 10.7 Å². The minimum Gasteiger partial charge on any atom is -0.389 e. The van der Waals surface area contributed by atoms with Gasteiger partial charge in [0.05, 0.1) is 17.5 Å². The Morgan fingerprint density at radius 3 is 2.50 bits per heavy atom. The molecule has 1 aromatic heterocycles. The van der Waals surface area contributed by atoms with Crippen LogP contribution in [0, 0.1) is 6.92 Å². The number of thiazole rings is 1. The first kappa shape index (κ1) is 15.1. The van der Waals surface area contributed by atoms with E-state index in [1.807, 2.05) is 12.3 Å². The SMILES string of the molecule is Cc1csc(CNS(=O)(=O)c2ccc(C(C)O)cc2)n1. The molecule has 0 bridgehead atoms. The number of aliphatic hydroxyl groups is 1. The highest BCUT2D eigenvalue weighted by Crippen LogP contribution is 2.16. The highest BCUT2D eigenvalue weighted by Gasteiger charge is 2.14. The van der Waals surface area contributed by atoms with Crippen molar-refractivity contribution in [3.63, 3.8) is 0 Å². The van der Waals surface area contributed by atoms with Crippen LogP contribution < -0.4 is 4.72 Å². The first-order chi connectivity index (χ1) is 9.38. The van der Waals surface area contributed by atoms with Gasteiger partial charge in [0.1, 0.15) is 5.01 Å². The number of nitrogens with one attached hydrogen (secondary N) is 1. The van der Waals surface area contributed by atoms with Crippen molar-refractivity contribution in [2.75, 3.05) is 0 Å². The van der Waals surface area contributed by atoms with Crippen molar-refractivity contribution in [2.24, 2.45) is 0 Å². The van der Waals surface area contributed by atoms with E-state index in [4.69, 9.17) is 0 Å². The van der Waals surface area contributed by atoms with E-state index in [9.17, 15) is 13.5 Å². The normalized spacial score (nSPS) is 13.3. The summed E-state index contributed by atoms with van der Waals surface area (Å²) in [5, 5.41) is 12.0. The summed E-state index contributed by atoms with van der Waals surface area (Å²) in [6, 6.07) is 6.18. The number of rotatable bonds is 5. The van der Waals surface area contributed by atoms with Crippen LogP contribution in [0.3, 0.4) is 0 Å². The van der Waals surface area contributed by atoms with Crippen molar-refractivity contribution in [3.8, 4) is 0 Å². The van der Waals surface area contributed by atoms with Gasteiger partial charge in [-0.25, -0.2) is 18.1 Å². The Balaban J connectivity index is 2.09. The van der Waals surface area contributed by atoms with E-state index in [-0.39, 0.29) is 11.4 Å². The molecule has 1 heterocycles. The van der Waals surface area contributed by atoms with Gasteiger partial charge in [0.25, 0.3) is 0 Å². The molecule has 0 saturated heterocycles. The molecule has 1 unspecified atom stereocenters. The second-order valence-corrected chi connectivity index (χ2v) is 7.16. The van der Waals surface area contributed by atoms with Gasteiger partial charge in [0, 0.05) is 11.1 Å². The lowest BCUT2D eigenvalue weighted by Gasteiger charge is -2.08. The van der Waals surface area contributed by atoms with Crippen LogP contribution in [0.5, 0.6) is 0 Å². The summed E-state index contributed by atoms with van der Waals surface area (Å²) in [6.45, 7) is 3.68. The zero-order valence-corrected chi connectivity index (χ0v) is 12.8. The number of sulfonamides is 1. The minimum atomic E-state index is -3.56. The fraction of sp³-hybridized carbons (Fsp3) is 0.308. The zero-order valence-electron chi connectivity index (χ0n) is 11.2. The largest absolute Gasteiger partial charge is 0.389 e. The molecule has 0 spiro atoms. The summed E-state index contributed by atoms with van der Waals surface area (Å²) < 4.78 is 26.7. The average molecular weight is 312 g/mol. The van der Waals surface area contributed by atoms with Crippen molar-refractivity contribution in [3.05, 3.63) is 45.9 Å². The van der Waals surface area contributed by atoms with Gasteiger partial charge >= 0.3 is 0 Å². The summed E-state index contributed by atoms with van der Waals surface area (Å²) in [7, 11) is -3.56. The third-order valence-corrected chi connectivity index (χ3v) is 5.14. The minimum absolute atomic E-state index is 0.176. The van der Waals surface area contributed by atoms with Crippen LogP contribution in [0.4, 0.5) is 0 Å². The molecule has 108 valence electrons. The Bertz CT molecular complexity index is 676. The van der Waals surface area contributed by atoms with Crippen molar-refractivity contribution in [1.82, 2.24) is 9.71 Å². The molecule has 0 fully saturated rings. The van der Waals surface area contributed by atoms with Gasteiger partial charge in [-0.1, -0.05) is 12.1 Å². The van der Waals surface area contributed by atoms with Gasteiger partial charge in [-0.2, -0.15) is 0 Å². The molecule has 2 N–H and O–H groups in total. The van der Waals surface area contributed by atoms with E-state index in [0.29, 0.717) is 5.56 Å². The summed E-state index contributed by atoms with van der Waals surface area (Å²) in [4.78, 5) is 4.38. The maximum atomic E-state index is 12.1. The maximum Gasteiger partial charge on any atom is 0.240 e. The molecule has 2 rings (SSSR count). The standard InChI is InChI=1S/C13H16N2O3S2/c1-9-8-19-13(15-9)7-14-20(17,18)12-5-3-11(4-6-12)10(2)16/h3-6,8,10,14,16H,7H2,1-2H3. The fourth-order valence-corrected chi connectivity index (χ4v) is 3.44. The zero-order chi connectivity index (χ0) is 14.8. The molecular weight excluding hydrogens is 296 g/mol.